The second-order valence-corrected chi connectivity index (χ2v) is 5.91. The maximum atomic E-state index is 11.8. The number of nitrogens with zero attached hydrogens (tertiary/aromatic N) is 5. The van der Waals surface area contributed by atoms with Gasteiger partial charge in [-0.2, -0.15) is 9.67 Å². The van der Waals surface area contributed by atoms with Crippen LogP contribution in [0, 0.1) is 0 Å². The highest BCUT2D eigenvalue weighted by Gasteiger charge is 2.21. The van der Waals surface area contributed by atoms with Gasteiger partial charge in [-0.25, -0.2) is 14.8 Å². The Morgan fingerprint density at radius 1 is 1.36 bits per heavy atom. The summed E-state index contributed by atoms with van der Waals surface area (Å²) in [6, 6.07) is 1.21. The fraction of sp³-hybridized carbons (Fsp3) is 0.462. The average molecular weight is 325 g/mol. The normalized spacial score (nSPS) is 12.8. The average Bonchev–Trinajstić information content (AvgIpc) is 2.79. The number of amides is 1. The Bertz CT molecular complexity index is 652. The van der Waals surface area contributed by atoms with Gasteiger partial charge < -0.3 is 10.1 Å². The Morgan fingerprint density at radius 2 is 2.00 bits per heavy atom. The predicted octanol–water partition coefficient (Wildman–Crippen LogP) is 2.30. The zero-order chi connectivity index (χ0) is 16.3. The van der Waals surface area contributed by atoms with Crippen LogP contribution in [0.3, 0.4) is 0 Å². The molecule has 22 heavy (non-hydrogen) atoms. The van der Waals surface area contributed by atoms with E-state index in [0.29, 0.717) is 11.8 Å². The van der Waals surface area contributed by atoms with Crippen molar-refractivity contribution in [3.8, 4) is 5.95 Å². The number of carbonyl (C=O) groups is 1. The number of hydrogen-bond acceptors (Lipinski definition) is 6. The first-order chi connectivity index (χ1) is 10.3. The van der Waals surface area contributed by atoms with Crippen LogP contribution in [-0.2, 0) is 4.74 Å². The minimum atomic E-state index is -0.577. The van der Waals surface area contributed by atoms with Crippen molar-refractivity contribution >= 4 is 17.7 Å². The molecular weight excluding hydrogens is 308 g/mol. The number of hydrogen-bond donors (Lipinski definition) is 1. The van der Waals surface area contributed by atoms with Gasteiger partial charge in [-0.3, -0.25) is 0 Å². The predicted molar refractivity (Wildman–Crippen MR) is 79.7 cm³/mol. The lowest BCUT2D eigenvalue weighted by molar-refractivity contribution is 0.0506. The number of nitrogens with one attached hydrogen (secondary N) is 1. The highest BCUT2D eigenvalue weighted by molar-refractivity contribution is 6.28. The van der Waals surface area contributed by atoms with E-state index in [4.69, 9.17) is 16.3 Å². The number of carbonyl (C=O) groups excluding carboxylic acids is 1. The Balaban J connectivity index is 2.12. The Labute approximate surface area is 132 Å². The van der Waals surface area contributed by atoms with E-state index in [0.717, 1.165) is 0 Å². The van der Waals surface area contributed by atoms with Gasteiger partial charge >= 0.3 is 6.09 Å². The molecule has 2 rings (SSSR count). The van der Waals surface area contributed by atoms with Crippen LogP contribution < -0.4 is 5.32 Å². The molecule has 118 valence electrons. The van der Waals surface area contributed by atoms with E-state index in [9.17, 15) is 4.79 Å². The van der Waals surface area contributed by atoms with Crippen LogP contribution >= 0.6 is 11.6 Å². The SMILES string of the molecule is C[C@H](NC(=O)OC(C)(C)C)c1nc(Cl)n(-c2ncccn2)n1. The third-order valence-electron chi connectivity index (χ3n) is 2.45. The summed E-state index contributed by atoms with van der Waals surface area (Å²) in [4.78, 5) is 23.9. The Kier molecular flexibility index (Phi) is 4.60. The first-order valence-electron chi connectivity index (χ1n) is 6.65. The van der Waals surface area contributed by atoms with E-state index < -0.39 is 17.7 Å². The third kappa shape index (κ3) is 4.14. The summed E-state index contributed by atoms with van der Waals surface area (Å²) in [6.45, 7) is 7.08. The van der Waals surface area contributed by atoms with Gasteiger partial charge in [-0.15, -0.1) is 5.10 Å². The van der Waals surface area contributed by atoms with Crippen molar-refractivity contribution in [1.82, 2.24) is 30.0 Å². The van der Waals surface area contributed by atoms with Gasteiger partial charge in [0, 0.05) is 12.4 Å². The number of alkyl carbamates (subject to hydrolysis) is 1. The molecular formula is C13H17ClN6O2. The van der Waals surface area contributed by atoms with Crippen molar-refractivity contribution < 1.29 is 9.53 Å². The molecule has 0 radical (unpaired) electrons. The molecule has 0 aliphatic carbocycles. The molecule has 0 spiro atoms. The maximum absolute atomic E-state index is 11.8. The van der Waals surface area contributed by atoms with Crippen LogP contribution in [0.15, 0.2) is 18.5 Å². The van der Waals surface area contributed by atoms with Gasteiger partial charge in [0.15, 0.2) is 5.82 Å². The van der Waals surface area contributed by atoms with Crippen LogP contribution in [0.2, 0.25) is 5.28 Å². The quantitative estimate of drug-likeness (QED) is 0.930. The smallest absolute Gasteiger partial charge is 0.408 e. The molecule has 8 nitrogen and oxygen atoms in total. The molecule has 1 amide bonds. The van der Waals surface area contributed by atoms with E-state index in [-0.39, 0.29) is 5.28 Å². The highest BCUT2D eigenvalue weighted by Crippen LogP contribution is 2.15. The van der Waals surface area contributed by atoms with Gasteiger partial charge in [0.05, 0.1) is 6.04 Å². The zero-order valence-electron chi connectivity index (χ0n) is 12.7. The zero-order valence-corrected chi connectivity index (χ0v) is 13.5. The lowest BCUT2D eigenvalue weighted by Gasteiger charge is -2.21. The van der Waals surface area contributed by atoms with E-state index in [1.54, 1.807) is 46.2 Å². The summed E-state index contributed by atoms with van der Waals surface area (Å²) in [5.41, 5.74) is -0.577. The summed E-state index contributed by atoms with van der Waals surface area (Å²) in [7, 11) is 0. The molecule has 0 aliphatic rings. The van der Waals surface area contributed by atoms with Crippen LogP contribution in [0.1, 0.15) is 39.6 Å². The van der Waals surface area contributed by atoms with Gasteiger partial charge in [0.2, 0.25) is 5.28 Å². The fourth-order valence-electron chi connectivity index (χ4n) is 1.57. The largest absolute Gasteiger partial charge is 0.444 e. The van der Waals surface area contributed by atoms with Crippen molar-refractivity contribution in [2.24, 2.45) is 0 Å². The summed E-state index contributed by atoms with van der Waals surface area (Å²) in [5.74, 6) is 0.638. The highest BCUT2D eigenvalue weighted by atomic mass is 35.5. The van der Waals surface area contributed by atoms with E-state index in [1.165, 1.54) is 4.68 Å². The molecule has 9 heteroatoms. The summed E-state index contributed by atoms with van der Waals surface area (Å²) < 4.78 is 6.48. The number of rotatable bonds is 3. The molecule has 0 aliphatic heterocycles. The van der Waals surface area contributed by atoms with Gasteiger partial charge in [-0.05, 0) is 45.4 Å². The van der Waals surface area contributed by atoms with Crippen LogP contribution in [0.4, 0.5) is 4.79 Å². The molecule has 2 heterocycles. The molecule has 0 fully saturated rings. The van der Waals surface area contributed by atoms with E-state index in [2.05, 4.69) is 25.4 Å². The molecule has 0 saturated heterocycles. The number of aromatic nitrogens is 5. The molecule has 0 unspecified atom stereocenters. The molecule has 0 saturated carbocycles. The van der Waals surface area contributed by atoms with E-state index in [1.807, 2.05) is 0 Å². The summed E-state index contributed by atoms with van der Waals surface area (Å²) in [6.07, 6.45) is 2.59. The molecule has 1 N–H and O–H groups in total. The lowest BCUT2D eigenvalue weighted by atomic mass is 10.2. The topological polar surface area (TPSA) is 94.8 Å². The number of ether oxygens (including phenoxy) is 1. The van der Waals surface area contributed by atoms with Crippen LogP contribution in [-0.4, -0.2) is 36.4 Å². The molecule has 1 atom stereocenters. The second-order valence-electron chi connectivity index (χ2n) is 5.57. The standard InChI is InChI=1S/C13H17ClN6O2/c1-8(17-12(21)22-13(2,3)4)9-18-10(14)20(19-9)11-15-6-5-7-16-11/h5-8H,1-4H3,(H,17,21)/t8-/m0/s1. The first-order valence-corrected chi connectivity index (χ1v) is 7.03. The minimum Gasteiger partial charge on any atom is -0.444 e. The van der Waals surface area contributed by atoms with Gasteiger partial charge in [0.25, 0.3) is 5.95 Å². The van der Waals surface area contributed by atoms with Crippen molar-refractivity contribution in [1.29, 1.82) is 0 Å². The van der Waals surface area contributed by atoms with Gasteiger partial charge in [-0.1, -0.05) is 0 Å². The summed E-state index contributed by atoms with van der Waals surface area (Å²) >= 11 is 6.03. The van der Waals surface area contributed by atoms with Crippen LogP contribution in [0.25, 0.3) is 5.95 Å². The monoisotopic (exact) mass is 324 g/mol. The minimum absolute atomic E-state index is 0.110. The van der Waals surface area contributed by atoms with Crippen molar-refractivity contribution in [2.45, 2.75) is 39.3 Å². The van der Waals surface area contributed by atoms with E-state index >= 15 is 0 Å². The molecule has 2 aromatic rings. The van der Waals surface area contributed by atoms with Crippen molar-refractivity contribution in [3.63, 3.8) is 0 Å². The second kappa shape index (κ2) is 6.27. The lowest BCUT2D eigenvalue weighted by Crippen LogP contribution is -2.34. The van der Waals surface area contributed by atoms with Crippen LogP contribution in [0.5, 0.6) is 0 Å². The number of halogens is 1. The third-order valence-corrected chi connectivity index (χ3v) is 2.69. The Morgan fingerprint density at radius 3 is 2.59 bits per heavy atom. The molecule has 2 aromatic heterocycles. The Hall–Kier alpha value is -2.22. The van der Waals surface area contributed by atoms with Crippen molar-refractivity contribution in [3.05, 3.63) is 29.6 Å². The van der Waals surface area contributed by atoms with Crippen molar-refractivity contribution in [2.75, 3.05) is 0 Å². The molecule has 0 aromatic carbocycles. The molecule has 0 bridgehead atoms. The van der Waals surface area contributed by atoms with Gasteiger partial charge in [0.1, 0.15) is 5.60 Å². The first kappa shape index (κ1) is 16.2. The fourth-order valence-corrected chi connectivity index (χ4v) is 1.77. The summed E-state index contributed by atoms with van der Waals surface area (Å²) in [5, 5.41) is 6.96. The maximum Gasteiger partial charge on any atom is 0.408 e.